The summed E-state index contributed by atoms with van der Waals surface area (Å²) in [6.07, 6.45) is 8.90. The molecule has 398 valence electrons. The second kappa shape index (κ2) is 24.7. The molecule has 0 spiro atoms. The number of carbonyl (C=O) groups excluding carboxylic acids is 3. The Labute approximate surface area is 449 Å². The van der Waals surface area contributed by atoms with Gasteiger partial charge in [0.15, 0.2) is 0 Å². The molecule has 6 N–H and O–H groups in total. The number of anilines is 3. The van der Waals surface area contributed by atoms with Crippen molar-refractivity contribution in [2.24, 2.45) is 0 Å². The first-order chi connectivity index (χ1) is 36.3. The smallest absolute Gasteiger partial charge is 0.236 e. The lowest BCUT2D eigenvalue weighted by atomic mass is 9.95. The second-order valence-electron chi connectivity index (χ2n) is 19.2. The lowest BCUT2D eigenvalue weighted by Gasteiger charge is -2.15. The molecule has 9 aromatic rings. The minimum absolute atomic E-state index is 0. The van der Waals surface area contributed by atoms with Crippen LogP contribution in [0, 0.1) is 41.5 Å². The third-order valence-electron chi connectivity index (χ3n) is 14.8. The van der Waals surface area contributed by atoms with Crippen LogP contribution >= 0.6 is 0 Å². The Morgan fingerprint density at radius 3 is 1.36 bits per heavy atom. The summed E-state index contributed by atoms with van der Waals surface area (Å²) in [4.78, 5) is 61.6. The highest BCUT2D eigenvalue weighted by Crippen LogP contribution is 2.51. The number of rotatable bonds is 9. The van der Waals surface area contributed by atoms with Crippen LogP contribution < -0.4 is 16.0 Å². The summed E-state index contributed by atoms with van der Waals surface area (Å²) in [6, 6.07) is 37.8. The van der Waals surface area contributed by atoms with Gasteiger partial charge in [-0.2, -0.15) is 0 Å². The van der Waals surface area contributed by atoms with Gasteiger partial charge in [0.2, 0.25) is 17.7 Å². The molecule has 3 fully saturated rings. The topological polar surface area (TPSA) is 173 Å². The third-order valence-corrected chi connectivity index (χ3v) is 14.8. The van der Waals surface area contributed by atoms with E-state index in [1.54, 1.807) is 12.4 Å². The van der Waals surface area contributed by atoms with Gasteiger partial charge < -0.3 is 30.9 Å². The third kappa shape index (κ3) is 11.8. The summed E-state index contributed by atoms with van der Waals surface area (Å²) < 4.78 is 0. The predicted molar refractivity (Wildman–Crippen MR) is 315 cm³/mol. The Balaban J connectivity index is 0.000000175. The van der Waals surface area contributed by atoms with Gasteiger partial charge in [-0.3, -0.25) is 14.4 Å². The lowest BCUT2D eigenvalue weighted by molar-refractivity contribution is -0.119. The molecular formula is C64H79N9O3. The molecule has 6 heterocycles. The number of benzene rings is 3. The van der Waals surface area contributed by atoms with Crippen LogP contribution in [0.15, 0.2) is 128 Å². The average molecular weight is 1020 g/mol. The quantitative estimate of drug-likeness (QED) is 0.0839. The number of fused-ring (bicyclic) bond motifs is 3. The largest absolute Gasteiger partial charge is 0.357 e. The van der Waals surface area contributed by atoms with Crippen molar-refractivity contribution >= 4 is 68.0 Å². The van der Waals surface area contributed by atoms with Crippen molar-refractivity contribution in [2.45, 2.75) is 145 Å². The van der Waals surface area contributed by atoms with E-state index in [4.69, 9.17) is 0 Å². The fraction of sp³-hybridized carbons (Fsp3) is 0.344. The fourth-order valence-electron chi connectivity index (χ4n) is 9.52. The first-order valence-corrected chi connectivity index (χ1v) is 26.8. The van der Waals surface area contributed by atoms with E-state index in [0.717, 1.165) is 117 Å². The number of H-pyrrole nitrogens is 3. The zero-order chi connectivity index (χ0) is 54.1. The van der Waals surface area contributed by atoms with Crippen molar-refractivity contribution in [2.75, 3.05) is 16.0 Å². The number of carbonyl (C=O) groups is 3. The molecule has 0 saturated heterocycles. The number of hydrogen-bond donors (Lipinski definition) is 6. The van der Waals surface area contributed by atoms with Gasteiger partial charge in [0.05, 0.1) is 50.9 Å². The maximum atomic E-state index is 12.8. The summed E-state index contributed by atoms with van der Waals surface area (Å²) in [5.74, 6) is 1.38. The van der Waals surface area contributed by atoms with Crippen LogP contribution in [-0.2, 0) is 30.6 Å². The van der Waals surface area contributed by atoms with Gasteiger partial charge in [0.1, 0.15) is 17.3 Å². The Morgan fingerprint density at radius 2 is 0.868 bits per heavy atom. The van der Waals surface area contributed by atoms with Crippen molar-refractivity contribution in [3.63, 3.8) is 0 Å². The first-order valence-electron chi connectivity index (χ1n) is 26.8. The molecule has 0 atom stereocenters. The van der Waals surface area contributed by atoms with E-state index in [9.17, 15) is 14.4 Å². The van der Waals surface area contributed by atoms with Gasteiger partial charge in [0, 0.05) is 27.9 Å². The second-order valence-corrected chi connectivity index (χ2v) is 19.2. The van der Waals surface area contributed by atoms with Gasteiger partial charge in [-0.15, -0.1) is 0 Å². The van der Waals surface area contributed by atoms with Crippen LogP contribution in [0.4, 0.5) is 17.3 Å². The Bertz CT molecular complexity index is 3040. The number of hydrogen-bond acceptors (Lipinski definition) is 6. The molecule has 3 amide bonds. The van der Waals surface area contributed by atoms with Gasteiger partial charge in [-0.1, -0.05) is 140 Å². The molecule has 12 nitrogen and oxygen atoms in total. The van der Waals surface area contributed by atoms with Crippen molar-refractivity contribution < 1.29 is 14.4 Å². The highest BCUT2D eigenvalue weighted by Gasteiger charge is 2.53. The maximum Gasteiger partial charge on any atom is 0.236 e. The summed E-state index contributed by atoms with van der Waals surface area (Å²) >= 11 is 0. The molecule has 3 saturated carbocycles. The van der Waals surface area contributed by atoms with Gasteiger partial charge in [-0.25, -0.2) is 15.0 Å². The van der Waals surface area contributed by atoms with Crippen molar-refractivity contribution in [1.29, 1.82) is 0 Å². The van der Waals surface area contributed by atoms with E-state index in [0.29, 0.717) is 11.6 Å². The number of aryl methyl sites for hydroxylation is 6. The van der Waals surface area contributed by atoms with Crippen LogP contribution in [0.25, 0.3) is 33.0 Å². The summed E-state index contributed by atoms with van der Waals surface area (Å²) in [5.41, 5.74) is 13.6. The Kier molecular flexibility index (Phi) is 18.6. The van der Waals surface area contributed by atoms with Crippen molar-refractivity contribution in [1.82, 2.24) is 29.9 Å². The molecule has 76 heavy (non-hydrogen) atoms. The van der Waals surface area contributed by atoms with Gasteiger partial charge >= 0.3 is 0 Å². The fourth-order valence-corrected chi connectivity index (χ4v) is 9.52. The van der Waals surface area contributed by atoms with E-state index >= 15 is 0 Å². The van der Waals surface area contributed by atoms with Gasteiger partial charge in [0.25, 0.3) is 0 Å². The van der Waals surface area contributed by atoms with Crippen molar-refractivity contribution in [3.05, 3.63) is 178 Å². The number of pyridine rings is 3. The molecule has 0 unspecified atom stereocenters. The first kappa shape index (κ1) is 57.4. The highest BCUT2D eigenvalue weighted by atomic mass is 16.2. The molecule has 0 radical (unpaired) electrons. The lowest BCUT2D eigenvalue weighted by Crippen LogP contribution is -2.28. The number of amides is 3. The van der Waals surface area contributed by atoms with E-state index in [1.165, 1.54) is 11.1 Å². The number of nitrogens with one attached hydrogen (secondary N) is 6. The molecule has 3 aliphatic rings. The van der Waals surface area contributed by atoms with Crippen LogP contribution in [0.1, 0.15) is 138 Å². The number of aromatic amines is 3. The highest BCUT2D eigenvalue weighted by molar-refractivity contribution is 6.04. The molecule has 0 bridgehead atoms. The molecule has 3 aromatic carbocycles. The van der Waals surface area contributed by atoms with Gasteiger partial charge in [-0.05, 0) is 138 Å². The Hall–Kier alpha value is -7.86. The zero-order valence-corrected chi connectivity index (χ0v) is 45.9. The average Bonchev–Trinajstić information content (AvgIpc) is 4.39. The van der Waals surface area contributed by atoms with Crippen LogP contribution in [0.2, 0.25) is 0 Å². The minimum Gasteiger partial charge on any atom is -0.357 e. The minimum atomic E-state index is -0.374. The summed E-state index contributed by atoms with van der Waals surface area (Å²) in [7, 11) is 0. The Morgan fingerprint density at radius 1 is 0.447 bits per heavy atom. The summed E-state index contributed by atoms with van der Waals surface area (Å²) in [5, 5.41) is 11.2. The summed E-state index contributed by atoms with van der Waals surface area (Å²) in [6.45, 7) is 24.3. The van der Waals surface area contributed by atoms with E-state index in [-0.39, 0.29) is 41.4 Å². The van der Waals surface area contributed by atoms with Crippen LogP contribution in [-0.4, -0.2) is 47.6 Å². The van der Waals surface area contributed by atoms with Crippen LogP contribution in [0.5, 0.6) is 0 Å². The van der Waals surface area contributed by atoms with E-state index in [1.807, 2.05) is 184 Å². The molecule has 12 heteroatoms. The molecule has 6 aromatic heterocycles. The number of aromatic nitrogens is 6. The number of nitrogens with zero attached hydrogens (tertiary/aromatic N) is 3. The molecule has 0 aliphatic heterocycles. The SMILES string of the molecule is C.CC.CC.CC.Cc1[nH]c2ccc(NC(=O)C3(c4ccccc4)CC3)nc2c1C.Cc1[nH]c2cnc(NC(=O)C3(c4ccccc4)CC3)cc2c1C.Cc1[nH]c2ncc(NC(=O)C3(c4ccccc4)CC3)cc2c1C. The maximum absolute atomic E-state index is 12.8. The molecule has 3 aliphatic carbocycles. The predicted octanol–water partition coefficient (Wildman–Crippen LogP) is 15.3. The standard InChI is InChI=1S/3C19H19N3O.3C2H6.CH4/c1-12-13(2)21-16-11-20-17(10-15(12)16)22-18(23)19(8-9-19)14-6-4-3-5-7-14;1-12-13(2)21-17-16(12)10-15(11-20-17)22-18(23)19(8-9-19)14-6-4-3-5-7-14;1-12-13(2)20-15-8-9-16(21-17(12)15)22-18(23)19(10-11-19)14-6-4-3-5-7-14;3*1-2;/h3-7,10-11,21H,8-9H2,1-2H3,(H,20,22,23);3-7,10-11H,8-9H2,1-2H3,(H,20,21)(H,22,23);3-9,20H,10-11H2,1-2H3,(H,21,22,23);3*1-2H3;1H4. The van der Waals surface area contributed by atoms with E-state index < -0.39 is 0 Å². The monoisotopic (exact) mass is 1020 g/mol. The molecular weight excluding hydrogens is 943 g/mol. The van der Waals surface area contributed by atoms with Crippen LogP contribution in [0.3, 0.4) is 0 Å². The van der Waals surface area contributed by atoms with Crippen molar-refractivity contribution in [3.8, 4) is 0 Å². The van der Waals surface area contributed by atoms with E-state index in [2.05, 4.69) is 59.7 Å². The normalized spacial score (nSPS) is 14.4. The zero-order valence-electron chi connectivity index (χ0n) is 45.9. The molecule has 12 rings (SSSR count).